The highest BCUT2D eigenvalue weighted by Crippen LogP contribution is 2.20. The number of carboxylic acids is 1. The van der Waals surface area contributed by atoms with Crippen molar-refractivity contribution in [3.8, 4) is 5.75 Å². The molecule has 0 aliphatic heterocycles. The highest BCUT2D eigenvalue weighted by molar-refractivity contribution is 7.13. The maximum Gasteiger partial charge on any atom is 0.345 e. The van der Waals surface area contributed by atoms with Crippen molar-refractivity contribution in [2.45, 2.75) is 26.0 Å². The first-order valence-corrected chi connectivity index (χ1v) is 7.64. The van der Waals surface area contributed by atoms with Crippen molar-refractivity contribution in [2.24, 2.45) is 0 Å². The highest BCUT2D eigenvalue weighted by atomic mass is 32.1. The van der Waals surface area contributed by atoms with Crippen LogP contribution in [0.4, 0.5) is 4.39 Å². The van der Waals surface area contributed by atoms with Crippen molar-refractivity contribution < 1.29 is 23.8 Å². The maximum absolute atomic E-state index is 12.9. The zero-order chi connectivity index (χ0) is 17.0. The van der Waals surface area contributed by atoms with Crippen molar-refractivity contribution in [2.75, 3.05) is 0 Å². The van der Waals surface area contributed by atoms with Gasteiger partial charge in [-0.15, -0.1) is 11.3 Å². The van der Waals surface area contributed by atoms with Crippen LogP contribution in [0.1, 0.15) is 28.4 Å². The van der Waals surface area contributed by atoms with Crippen LogP contribution in [0.2, 0.25) is 0 Å². The van der Waals surface area contributed by atoms with Crippen LogP contribution >= 0.6 is 11.3 Å². The summed E-state index contributed by atoms with van der Waals surface area (Å²) in [6.45, 7) is 3.42. The van der Waals surface area contributed by atoms with Gasteiger partial charge in [-0.05, 0) is 50.2 Å². The fourth-order valence-corrected chi connectivity index (χ4v) is 2.60. The quantitative estimate of drug-likeness (QED) is 0.849. The highest BCUT2D eigenvalue weighted by Gasteiger charge is 2.29. The predicted octanol–water partition coefficient (Wildman–Crippen LogP) is 3.06. The van der Waals surface area contributed by atoms with Gasteiger partial charge in [0, 0.05) is 4.88 Å². The van der Waals surface area contributed by atoms with Gasteiger partial charge in [0.05, 0.1) is 6.54 Å². The average Bonchev–Trinajstić information content (AvgIpc) is 2.96. The van der Waals surface area contributed by atoms with E-state index in [9.17, 15) is 14.0 Å². The van der Waals surface area contributed by atoms with Crippen LogP contribution in [0.15, 0.2) is 36.4 Å². The molecule has 0 radical (unpaired) electrons. The van der Waals surface area contributed by atoms with Gasteiger partial charge >= 0.3 is 5.97 Å². The van der Waals surface area contributed by atoms with Gasteiger partial charge < -0.3 is 15.2 Å². The summed E-state index contributed by atoms with van der Waals surface area (Å²) >= 11 is 1.10. The Kier molecular flexibility index (Phi) is 5.00. The minimum absolute atomic E-state index is 0.215. The molecule has 2 rings (SSSR count). The van der Waals surface area contributed by atoms with E-state index in [1.165, 1.54) is 30.3 Å². The molecule has 1 aromatic heterocycles. The molecular formula is C16H16FNO4S. The normalized spacial score (nSPS) is 11.1. The molecule has 1 amide bonds. The molecule has 2 N–H and O–H groups in total. The number of rotatable bonds is 6. The van der Waals surface area contributed by atoms with E-state index in [1.807, 2.05) is 0 Å². The molecule has 0 bridgehead atoms. The molecule has 0 spiro atoms. The van der Waals surface area contributed by atoms with E-state index in [0.717, 1.165) is 16.2 Å². The van der Waals surface area contributed by atoms with Gasteiger partial charge in [-0.3, -0.25) is 4.79 Å². The first-order chi connectivity index (χ1) is 10.8. The second-order valence-corrected chi connectivity index (χ2v) is 6.49. The van der Waals surface area contributed by atoms with Crippen LogP contribution in [-0.2, 0) is 11.3 Å². The van der Waals surface area contributed by atoms with E-state index in [2.05, 4.69) is 5.32 Å². The number of nitrogens with one attached hydrogen (secondary N) is 1. The standard InChI is InChI=1S/C16H16FNO4S/c1-16(2,22-11-5-3-10(17)4-6-11)15(21)18-9-12-7-8-13(23-12)14(19)20/h3-8H,9H2,1-2H3,(H,18,21)(H,19,20). The molecule has 0 aliphatic rings. The number of carboxylic acid groups (broad SMARTS) is 1. The fraction of sp³-hybridized carbons (Fsp3) is 0.250. The Bertz CT molecular complexity index is 709. The molecular weight excluding hydrogens is 321 g/mol. The number of carbonyl (C=O) groups excluding carboxylic acids is 1. The van der Waals surface area contributed by atoms with Crippen molar-refractivity contribution >= 4 is 23.2 Å². The third-order valence-corrected chi connectivity index (χ3v) is 4.10. The molecule has 0 fully saturated rings. The molecule has 1 heterocycles. The van der Waals surface area contributed by atoms with Crippen LogP contribution in [0.5, 0.6) is 5.75 Å². The number of halogens is 1. The monoisotopic (exact) mass is 337 g/mol. The number of aromatic carboxylic acids is 1. The molecule has 0 unspecified atom stereocenters. The number of thiophene rings is 1. The number of benzene rings is 1. The van der Waals surface area contributed by atoms with Crippen LogP contribution in [0.3, 0.4) is 0 Å². The Labute approximate surface area is 136 Å². The van der Waals surface area contributed by atoms with Gasteiger partial charge in [0.15, 0.2) is 5.60 Å². The smallest absolute Gasteiger partial charge is 0.345 e. The first-order valence-electron chi connectivity index (χ1n) is 6.83. The van der Waals surface area contributed by atoms with Gasteiger partial charge in [0.1, 0.15) is 16.4 Å². The zero-order valence-electron chi connectivity index (χ0n) is 12.6. The Hall–Kier alpha value is -2.41. The summed E-state index contributed by atoms with van der Waals surface area (Å²) in [5.74, 6) is -1.35. The van der Waals surface area contributed by atoms with Gasteiger partial charge in [-0.25, -0.2) is 9.18 Å². The summed E-state index contributed by atoms with van der Waals surface area (Å²) < 4.78 is 18.5. The second kappa shape index (κ2) is 6.78. The number of hydrogen-bond acceptors (Lipinski definition) is 4. The van der Waals surface area contributed by atoms with E-state index < -0.39 is 11.6 Å². The Morgan fingerprint density at radius 2 is 1.87 bits per heavy atom. The third kappa shape index (κ3) is 4.53. The SMILES string of the molecule is CC(C)(Oc1ccc(F)cc1)C(=O)NCc1ccc(C(=O)O)s1. The molecule has 5 nitrogen and oxygen atoms in total. The molecule has 7 heteroatoms. The molecule has 1 aromatic carbocycles. The number of hydrogen-bond donors (Lipinski definition) is 2. The summed E-state index contributed by atoms with van der Waals surface area (Å²) in [6.07, 6.45) is 0. The zero-order valence-corrected chi connectivity index (χ0v) is 13.4. The fourth-order valence-electron chi connectivity index (χ4n) is 1.81. The lowest BCUT2D eigenvalue weighted by atomic mass is 10.1. The topological polar surface area (TPSA) is 75.6 Å². The van der Waals surface area contributed by atoms with Crippen molar-refractivity contribution in [3.63, 3.8) is 0 Å². The van der Waals surface area contributed by atoms with Crippen molar-refractivity contribution in [3.05, 3.63) is 52.0 Å². The van der Waals surface area contributed by atoms with Crippen LogP contribution < -0.4 is 10.1 Å². The summed E-state index contributed by atoms with van der Waals surface area (Å²) in [4.78, 5) is 24.0. The van der Waals surface area contributed by atoms with Gasteiger partial charge in [-0.2, -0.15) is 0 Å². The Morgan fingerprint density at radius 1 is 1.22 bits per heavy atom. The van der Waals surface area contributed by atoms with Gasteiger partial charge in [-0.1, -0.05) is 0 Å². The van der Waals surface area contributed by atoms with Crippen LogP contribution in [-0.4, -0.2) is 22.6 Å². The maximum atomic E-state index is 12.9. The molecule has 122 valence electrons. The minimum atomic E-state index is -1.15. The van der Waals surface area contributed by atoms with Gasteiger partial charge in [0.25, 0.3) is 5.91 Å². The van der Waals surface area contributed by atoms with Crippen LogP contribution in [0.25, 0.3) is 0 Å². The number of amides is 1. The van der Waals surface area contributed by atoms with Crippen molar-refractivity contribution in [1.82, 2.24) is 5.32 Å². The summed E-state index contributed by atoms with van der Waals surface area (Å²) in [5.41, 5.74) is -1.15. The van der Waals surface area contributed by atoms with E-state index >= 15 is 0 Å². The number of ether oxygens (including phenoxy) is 1. The molecule has 0 saturated heterocycles. The van der Waals surface area contributed by atoms with Gasteiger partial charge in [0.2, 0.25) is 0 Å². The van der Waals surface area contributed by atoms with Crippen LogP contribution in [0, 0.1) is 5.82 Å². The van der Waals surface area contributed by atoms with E-state index in [1.54, 1.807) is 19.9 Å². The molecule has 23 heavy (non-hydrogen) atoms. The summed E-state index contributed by atoms with van der Waals surface area (Å²) in [5, 5.41) is 11.6. The largest absolute Gasteiger partial charge is 0.478 e. The minimum Gasteiger partial charge on any atom is -0.478 e. The lowest BCUT2D eigenvalue weighted by Crippen LogP contribution is -2.46. The average molecular weight is 337 g/mol. The first kappa shape index (κ1) is 17.0. The summed E-state index contributed by atoms with van der Waals surface area (Å²) in [7, 11) is 0. The lowest BCUT2D eigenvalue weighted by Gasteiger charge is -2.25. The predicted molar refractivity (Wildman–Crippen MR) is 84.2 cm³/mol. The molecule has 0 atom stereocenters. The summed E-state index contributed by atoms with van der Waals surface area (Å²) in [6, 6.07) is 8.55. The molecule has 2 aromatic rings. The number of carbonyl (C=O) groups is 2. The Balaban J connectivity index is 1.94. The molecule has 0 aliphatic carbocycles. The van der Waals surface area contributed by atoms with E-state index in [-0.39, 0.29) is 23.1 Å². The molecule has 0 saturated carbocycles. The van der Waals surface area contributed by atoms with Crippen molar-refractivity contribution in [1.29, 1.82) is 0 Å². The van der Waals surface area contributed by atoms with E-state index in [4.69, 9.17) is 9.84 Å². The second-order valence-electron chi connectivity index (χ2n) is 5.32. The van der Waals surface area contributed by atoms with E-state index in [0.29, 0.717) is 5.75 Å². The Morgan fingerprint density at radius 3 is 2.43 bits per heavy atom. The lowest BCUT2D eigenvalue weighted by molar-refractivity contribution is -0.134. The third-order valence-electron chi connectivity index (χ3n) is 3.03.